The molecule has 0 bridgehead atoms. The number of hydrogen-bond donors (Lipinski definition) is 1. The molecule has 0 radical (unpaired) electrons. The predicted molar refractivity (Wildman–Crippen MR) is 91.2 cm³/mol. The summed E-state index contributed by atoms with van der Waals surface area (Å²) in [6, 6.07) is 0. The lowest BCUT2D eigenvalue weighted by atomic mass is 9.73. The molecule has 0 aromatic carbocycles. The van der Waals surface area contributed by atoms with Gasteiger partial charge in [0.2, 0.25) is 0 Å². The SMILES string of the molecule is CC(CO)OCC(C)OCC(C)OC(C)(C)C(C)C(C)(C)C. The molecule has 4 unspecified atom stereocenters. The fraction of sp³-hybridized carbons (Fsp3) is 1.00. The Labute approximate surface area is 137 Å². The van der Waals surface area contributed by atoms with Gasteiger partial charge in [-0.25, -0.2) is 0 Å². The van der Waals surface area contributed by atoms with Crippen molar-refractivity contribution in [1.82, 2.24) is 0 Å². The summed E-state index contributed by atoms with van der Waals surface area (Å²) in [6.07, 6.45) is -0.132. The van der Waals surface area contributed by atoms with Gasteiger partial charge in [0.25, 0.3) is 0 Å². The van der Waals surface area contributed by atoms with E-state index in [1.165, 1.54) is 0 Å². The van der Waals surface area contributed by atoms with E-state index >= 15 is 0 Å². The first kappa shape index (κ1) is 21.8. The van der Waals surface area contributed by atoms with Crippen LogP contribution in [0.5, 0.6) is 0 Å². The smallest absolute Gasteiger partial charge is 0.0788 e. The van der Waals surface area contributed by atoms with E-state index in [9.17, 15) is 0 Å². The molecule has 0 heterocycles. The summed E-state index contributed by atoms with van der Waals surface area (Å²) < 4.78 is 17.4. The minimum Gasteiger partial charge on any atom is -0.394 e. The summed E-state index contributed by atoms with van der Waals surface area (Å²) in [5.74, 6) is 0.425. The van der Waals surface area contributed by atoms with Gasteiger partial charge in [0.15, 0.2) is 0 Å². The zero-order chi connectivity index (χ0) is 17.6. The van der Waals surface area contributed by atoms with E-state index in [2.05, 4.69) is 41.5 Å². The second-order valence-electron chi connectivity index (χ2n) is 8.09. The number of aliphatic hydroxyl groups excluding tert-OH is 1. The molecule has 0 aliphatic heterocycles. The van der Waals surface area contributed by atoms with Crippen LogP contribution in [0.15, 0.2) is 0 Å². The quantitative estimate of drug-likeness (QED) is 0.668. The van der Waals surface area contributed by atoms with Gasteiger partial charge < -0.3 is 19.3 Å². The fourth-order valence-corrected chi connectivity index (χ4v) is 2.40. The van der Waals surface area contributed by atoms with E-state index in [0.717, 1.165) is 0 Å². The maximum absolute atomic E-state index is 8.93. The molecule has 0 spiro atoms. The first-order chi connectivity index (χ1) is 9.90. The Hall–Kier alpha value is -0.160. The Bertz CT molecular complexity index is 296. The molecule has 1 N–H and O–H groups in total. The maximum atomic E-state index is 8.93. The van der Waals surface area contributed by atoms with Crippen molar-refractivity contribution in [1.29, 1.82) is 0 Å². The molecule has 4 atom stereocenters. The summed E-state index contributed by atoms with van der Waals surface area (Å²) in [5.41, 5.74) is -0.00217. The molecule has 4 heteroatoms. The molecule has 0 fully saturated rings. The zero-order valence-electron chi connectivity index (χ0n) is 16.1. The standard InChI is InChI=1S/C18H38O4/c1-13(10-19)20-11-14(2)21-12-15(3)22-18(8,9)16(4)17(5,6)7/h13-16,19H,10-12H2,1-9H3. The lowest BCUT2D eigenvalue weighted by Crippen LogP contribution is -2.43. The van der Waals surface area contributed by atoms with Crippen LogP contribution >= 0.6 is 0 Å². The predicted octanol–water partition coefficient (Wildman–Crippen LogP) is 3.65. The van der Waals surface area contributed by atoms with Gasteiger partial charge in [-0.1, -0.05) is 27.7 Å². The van der Waals surface area contributed by atoms with E-state index in [1.54, 1.807) is 0 Å². The number of aliphatic hydroxyl groups is 1. The van der Waals surface area contributed by atoms with Gasteiger partial charge in [0.05, 0.1) is 43.7 Å². The Morgan fingerprint density at radius 2 is 1.23 bits per heavy atom. The van der Waals surface area contributed by atoms with Crippen molar-refractivity contribution >= 4 is 0 Å². The molecule has 0 aliphatic rings. The van der Waals surface area contributed by atoms with Gasteiger partial charge in [0, 0.05) is 0 Å². The van der Waals surface area contributed by atoms with Crippen molar-refractivity contribution in [2.75, 3.05) is 19.8 Å². The monoisotopic (exact) mass is 318 g/mol. The normalized spacial score (nSPS) is 18.8. The van der Waals surface area contributed by atoms with Crippen molar-refractivity contribution in [3.63, 3.8) is 0 Å². The Morgan fingerprint density at radius 3 is 1.68 bits per heavy atom. The van der Waals surface area contributed by atoms with E-state index in [1.807, 2.05) is 20.8 Å². The van der Waals surface area contributed by atoms with Crippen LogP contribution in [0.4, 0.5) is 0 Å². The molecule has 0 rings (SSSR count). The van der Waals surface area contributed by atoms with Crippen LogP contribution in [-0.2, 0) is 14.2 Å². The first-order valence-corrected chi connectivity index (χ1v) is 8.42. The highest BCUT2D eigenvalue weighted by atomic mass is 16.6. The minimum atomic E-state index is -0.202. The molecular weight excluding hydrogens is 280 g/mol. The molecule has 4 nitrogen and oxygen atoms in total. The third-order valence-electron chi connectivity index (χ3n) is 4.33. The summed E-state index contributed by atoms with van der Waals surface area (Å²) in [6.45, 7) is 20.2. The molecule has 0 aliphatic carbocycles. The van der Waals surface area contributed by atoms with Gasteiger partial charge in [0.1, 0.15) is 0 Å². The van der Waals surface area contributed by atoms with Crippen LogP contribution < -0.4 is 0 Å². The van der Waals surface area contributed by atoms with Gasteiger partial charge in [-0.05, 0) is 46.0 Å². The van der Waals surface area contributed by atoms with Crippen LogP contribution in [0.25, 0.3) is 0 Å². The van der Waals surface area contributed by atoms with E-state index in [0.29, 0.717) is 19.1 Å². The largest absolute Gasteiger partial charge is 0.394 e. The molecule has 0 aromatic heterocycles. The van der Waals surface area contributed by atoms with E-state index < -0.39 is 0 Å². The van der Waals surface area contributed by atoms with Crippen molar-refractivity contribution < 1.29 is 19.3 Å². The first-order valence-electron chi connectivity index (χ1n) is 8.42. The van der Waals surface area contributed by atoms with E-state index in [-0.39, 0.29) is 35.9 Å². The summed E-state index contributed by atoms with van der Waals surface area (Å²) >= 11 is 0. The van der Waals surface area contributed by atoms with Crippen molar-refractivity contribution in [3.8, 4) is 0 Å². The molecule has 0 amide bonds. The van der Waals surface area contributed by atoms with Crippen molar-refractivity contribution in [2.45, 2.75) is 86.2 Å². The van der Waals surface area contributed by atoms with E-state index in [4.69, 9.17) is 19.3 Å². The highest BCUT2D eigenvalue weighted by molar-refractivity contribution is 4.85. The lowest BCUT2D eigenvalue weighted by Gasteiger charge is -2.42. The zero-order valence-corrected chi connectivity index (χ0v) is 16.1. The van der Waals surface area contributed by atoms with Gasteiger partial charge in [-0.15, -0.1) is 0 Å². The highest BCUT2D eigenvalue weighted by Gasteiger charge is 2.36. The molecule has 0 saturated carbocycles. The lowest BCUT2D eigenvalue weighted by molar-refractivity contribution is -0.147. The van der Waals surface area contributed by atoms with Crippen LogP contribution in [0, 0.1) is 11.3 Å². The maximum Gasteiger partial charge on any atom is 0.0788 e. The third-order valence-corrected chi connectivity index (χ3v) is 4.33. The summed E-state index contributed by atoms with van der Waals surface area (Å²) in [4.78, 5) is 0. The average molecular weight is 318 g/mol. The van der Waals surface area contributed by atoms with Crippen LogP contribution in [0.1, 0.15) is 62.3 Å². The fourth-order valence-electron chi connectivity index (χ4n) is 2.40. The molecule has 0 aromatic rings. The molecular formula is C18H38O4. The number of hydrogen-bond acceptors (Lipinski definition) is 4. The van der Waals surface area contributed by atoms with Crippen LogP contribution in [-0.4, -0.2) is 48.8 Å². The average Bonchev–Trinajstić information content (AvgIpc) is 2.39. The van der Waals surface area contributed by atoms with Crippen LogP contribution in [0.2, 0.25) is 0 Å². The second-order valence-corrected chi connectivity index (χ2v) is 8.09. The molecule has 22 heavy (non-hydrogen) atoms. The molecule has 134 valence electrons. The Kier molecular flexibility index (Phi) is 9.15. The minimum absolute atomic E-state index is 0.0109. The Balaban J connectivity index is 4.20. The summed E-state index contributed by atoms with van der Waals surface area (Å²) in [5, 5.41) is 8.93. The van der Waals surface area contributed by atoms with Crippen molar-refractivity contribution in [2.24, 2.45) is 11.3 Å². The van der Waals surface area contributed by atoms with Crippen LogP contribution in [0.3, 0.4) is 0 Å². The van der Waals surface area contributed by atoms with Gasteiger partial charge >= 0.3 is 0 Å². The Morgan fingerprint density at radius 1 is 0.773 bits per heavy atom. The third kappa shape index (κ3) is 8.47. The van der Waals surface area contributed by atoms with Gasteiger partial charge in [-0.3, -0.25) is 0 Å². The van der Waals surface area contributed by atoms with Gasteiger partial charge in [-0.2, -0.15) is 0 Å². The number of ether oxygens (including phenoxy) is 3. The summed E-state index contributed by atoms with van der Waals surface area (Å²) in [7, 11) is 0. The van der Waals surface area contributed by atoms with Crippen molar-refractivity contribution in [3.05, 3.63) is 0 Å². The second kappa shape index (κ2) is 9.21. The topological polar surface area (TPSA) is 47.9 Å². The number of rotatable bonds is 10. The highest BCUT2D eigenvalue weighted by Crippen LogP contribution is 2.36. The molecule has 0 saturated heterocycles.